The highest BCUT2D eigenvalue weighted by atomic mass is 35.5. The van der Waals surface area contributed by atoms with Gasteiger partial charge in [-0.2, -0.15) is 0 Å². The Hall–Kier alpha value is -1.20. The standard InChI is InChI=1S/C10H19ClN4O/c1-10(2,14-3)6-15(7-16)9(13)5-4-8(11)12/h4-5,7,14H,6,12-13H2,1-3H3/b8-4-,9-5+. The number of halogens is 1. The zero-order valence-corrected chi connectivity index (χ0v) is 10.6. The van der Waals surface area contributed by atoms with E-state index in [2.05, 4.69) is 5.32 Å². The van der Waals surface area contributed by atoms with E-state index in [0.717, 1.165) is 0 Å². The van der Waals surface area contributed by atoms with Crippen molar-refractivity contribution < 1.29 is 4.79 Å². The third-order valence-corrected chi connectivity index (χ3v) is 2.24. The second-order valence-corrected chi connectivity index (χ2v) is 4.45. The molecule has 0 rings (SSSR count). The van der Waals surface area contributed by atoms with Crippen LogP contribution >= 0.6 is 11.6 Å². The number of hydrogen-bond acceptors (Lipinski definition) is 4. The van der Waals surface area contributed by atoms with Gasteiger partial charge in [0, 0.05) is 12.1 Å². The summed E-state index contributed by atoms with van der Waals surface area (Å²) >= 11 is 5.45. The molecule has 5 N–H and O–H groups in total. The van der Waals surface area contributed by atoms with E-state index in [0.29, 0.717) is 18.8 Å². The normalized spacial score (nSPS) is 13.8. The van der Waals surface area contributed by atoms with Gasteiger partial charge in [0.25, 0.3) is 0 Å². The summed E-state index contributed by atoms with van der Waals surface area (Å²) < 4.78 is 0. The van der Waals surface area contributed by atoms with Crippen molar-refractivity contribution in [2.75, 3.05) is 13.6 Å². The van der Waals surface area contributed by atoms with Crippen LogP contribution in [0.1, 0.15) is 13.8 Å². The molecule has 0 aromatic carbocycles. The molecule has 0 heterocycles. The Morgan fingerprint density at radius 1 is 1.44 bits per heavy atom. The lowest BCUT2D eigenvalue weighted by Crippen LogP contribution is -2.47. The van der Waals surface area contributed by atoms with Crippen molar-refractivity contribution in [3.63, 3.8) is 0 Å². The summed E-state index contributed by atoms with van der Waals surface area (Å²) in [5.74, 6) is 0.293. The highest BCUT2D eigenvalue weighted by Gasteiger charge is 2.19. The Bertz CT molecular complexity index is 295. The van der Waals surface area contributed by atoms with Crippen LogP contribution in [0.15, 0.2) is 23.1 Å². The second-order valence-electron chi connectivity index (χ2n) is 4.01. The Labute approximate surface area is 101 Å². The maximum Gasteiger partial charge on any atom is 0.215 e. The number of nitrogens with one attached hydrogen (secondary N) is 1. The highest BCUT2D eigenvalue weighted by Crippen LogP contribution is 2.06. The van der Waals surface area contributed by atoms with Crippen molar-refractivity contribution in [1.82, 2.24) is 10.2 Å². The molecular formula is C10H19ClN4O. The van der Waals surface area contributed by atoms with E-state index in [-0.39, 0.29) is 10.7 Å². The van der Waals surface area contributed by atoms with Crippen molar-refractivity contribution in [3.05, 3.63) is 23.1 Å². The number of amides is 1. The van der Waals surface area contributed by atoms with Crippen LogP contribution in [-0.2, 0) is 4.79 Å². The molecule has 0 aromatic heterocycles. The fraction of sp³-hybridized carbons (Fsp3) is 0.500. The second kappa shape index (κ2) is 6.40. The first-order valence-corrected chi connectivity index (χ1v) is 5.19. The molecule has 1 amide bonds. The molecule has 0 aromatic rings. The van der Waals surface area contributed by atoms with Gasteiger partial charge in [-0.15, -0.1) is 0 Å². The molecule has 0 spiro atoms. The molecule has 92 valence electrons. The maximum absolute atomic E-state index is 10.9. The van der Waals surface area contributed by atoms with E-state index in [4.69, 9.17) is 23.1 Å². The van der Waals surface area contributed by atoms with Crippen LogP contribution in [0.5, 0.6) is 0 Å². The predicted octanol–water partition coefficient (Wildman–Crippen LogP) is 0.282. The monoisotopic (exact) mass is 246 g/mol. The first kappa shape index (κ1) is 14.8. The van der Waals surface area contributed by atoms with E-state index >= 15 is 0 Å². The van der Waals surface area contributed by atoms with Gasteiger partial charge in [-0.25, -0.2) is 0 Å². The summed E-state index contributed by atoms with van der Waals surface area (Å²) in [6.45, 7) is 4.37. The molecule has 0 saturated carbocycles. The number of hydrogen-bond donors (Lipinski definition) is 3. The topological polar surface area (TPSA) is 84.4 Å². The number of likely N-dealkylation sites (N-methyl/N-ethyl adjacent to an activating group) is 1. The minimum absolute atomic E-state index is 0.113. The molecule has 0 fully saturated rings. The third-order valence-electron chi connectivity index (χ3n) is 2.11. The van der Waals surface area contributed by atoms with Gasteiger partial charge in [-0.05, 0) is 33.0 Å². The molecule has 5 nitrogen and oxygen atoms in total. The van der Waals surface area contributed by atoms with Gasteiger partial charge in [0.1, 0.15) is 5.82 Å². The molecule has 16 heavy (non-hydrogen) atoms. The fourth-order valence-electron chi connectivity index (χ4n) is 0.955. The summed E-state index contributed by atoms with van der Waals surface area (Å²) in [6.07, 6.45) is 3.59. The van der Waals surface area contributed by atoms with Crippen LogP contribution in [0.4, 0.5) is 0 Å². The van der Waals surface area contributed by atoms with Crippen LogP contribution < -0.4 is 16.8 Å². The Morgan fingerprint density at radius 3 is 2.38 bits per heavy atom. The van der Waals surface area contributed by atoms with Crippen LogP contribution in [0.25, 0.3) is 0 Å². The third kappa shape index (κ3) is 5.63. The predicted molar refractivity (Wildman–Crippen MR) is 66.3 cm³/mol. The lowest BCUT2D eigenvalue weighted by Gasteiger charge is -2.30. The van der Waals surface area contributed by atoms with E-state index in [1.54, 1.807) is 0 Å². The van der Waals surface area contributed by atoms with Crippen molar-refractivity contribution >= 4 is 18.0 Å². The first-order valence-electron chi connectivity index (χ1n) is 4.81. The average Bonchev–Trinajstić information content (AvgIpc) is 2.22. The molecule has 0 unspecified atom stereocenters. The number of allylic oxidation sites excluding steroid dienone is 2. The Balaban J connectivity index is 4.68. The SMILES string of the molecule is CNC(C)(C)CN(C=O)/C(N)=C/C=C(\N)Cl. The lowest BCUT2D eigenvalue weighted by molar-refractivity contribution is -0.117. The minimum Gasteiger partial charge on any atom is -0.389 e. The minimum atomic E-state index is -0.227. The van der Waals surface area contributed by atoms with E-state index < -0.39 is 0 Å². The van der Waals surface area contributed by atoms with Crippen molar-refractivity contribution in [1.29, 1.82) is 0 Å². The average molecular weight is 247 g/mol. The van der Waals surface area contributed by atoms with Crippen molar-refractivity contribution in [2.24, 2.45) is 11.5 Å². The number of nitrogens with two attached hydrogens (primary N) is 2. The molecule has 0 radical (unpaired) electrons. The number of rotatable bonds is 6. The molecule has 0 aliphatic rings. The van der Waals surface area contributed by atoms with Gasteiger partial charge in [0.05, 0.1) is 5.16 Å². The van der Waals surface area contributed by atoms with Crippen LogP contribution in [0.3, 0.4) is 0 Å². The molecule has 6 heteroatoms. The summed E-state index contributed by atoms with van der Waals surface area (Å²) in [4.78, 5) is 12.3. The van der Waals surface area contributed by atoms with Gasteiger partial charge in [0.2, 0.25) is 6.41 Å². The zero-order chi connectivity index (χ0) is 12.8. The van der Waals surface area contributed by atoms with Gasteiger partial charge < -0.3 is 16.8 Å². The molecule has 0 aliphatic heterocycles. The molecular weight excluding hydrogens is 228 g/mol. The van der Waals surface area contributed by atoms with Crippen molar-refractivity contribution in [3.8, 4) is 0 Å². The smallest absolute Gasteiger partial charge is 0.215 e. The van der Waals surface area contributed by atoms with Gasteiger partial charge in [-0.3, -0.25) is 9.69 Å². The Morgan fingerprint density at radius 2 is 2.00 bits per heavy atom. The van der Waals surface area contributed by atoms with E-state index in [1.807, 2.05) is 20.9 Å². The van der Waals surface area contributed by atoms with E-state index in [1.165, 1.54) is 17.1 Å². The summed E-state index contributed by atoms with van der Waals surface area (Å²) in [5, 5.41) is 3.19. The molecule has 0 aliphatic carbocycles. The Kier molecular flexibility index (Phi) is 5.92. The van der Waals surface area contributed by atoms with Crippen LogP contribution in [0.2, 0.25) is 0 Å². The molecule has 0 atom stereocenters. The molecule has 0 bridgehead atoms. The maximum atomic E-state index is 10.9. The molecule has 0 saturated heterocycles. The van der Waals surface area contributed by atoms with Crippen LogP contribution in [0, 0.1) is 0 Å². The highest BCUT2D eigenvalue weighted by molar-refractivity contribution is 6.29. The summed E-state index contributed by atoms with van der Waals surface area (Å²) in [6, 6.07) is 0. The number of nitrogens with zero attached hydrogens (tertiary/aromatic N) is 1. The van der Waals surface area contributed by atoms with Gasteiger partial charge in [0.15, 0.2) is 0 Å². The summed E-state index contributed by atoms with van der Waals surface area (Å²) in [5.41, 5.74) is 10.7. The van der Waals surface area contributed by atoms with Gasteiger partial charge >= 0.3 is 0 Å². The quantitative estimate of drug-likeness (QED) is 0.357. The number of carbonyl (C=O) groups is 1. The van der Waals surface area contributed by atoms with Crippen molar-refractivity contribution in [2.45, 2.75) is 19.4 Å². The zero-order valence-electron chi connectivity index (χ0n) is 9.83. The van der Waals surface area contributed by atoms with Gasteiger partial charge in [-0.1, -0.05) is 11.6 Å². The van der Waals surface area contributed by atoms with Crippen LogP contribution in [-0.4, -0.2) is 30.4 Å². The van der Waals surface area contributed by atoms with E-state index in [9.17, 15) is 4.79 Å². The first-order chi connectivity index (χ1) is 7.32. The summed E-state index contributed by atoms with van der Waals surface area (Å²) in [7, 11) is 1.82. The largest absolute Gasteiger partial charge is 0.389 e. The number of carbonyl (C=O) groups excluding carboxylic acids is 1. The fourth-order valence-corrected chi connectivity index (χ4v) is 1.02. The lowest BCUT2D eigenvalue weighted by atomic mass is 10.1.